The molecular formula is C26H28FO4. The highest BCUT2D eigenvalue weighted by molar-refractivity contribution is 5.82. The molecule has 0 aromatic heterocycles. The van der Waals surface area contributed by atoms with Crippen molar-refractivity contribution in [2.24, 2.45) is 11.8 Å². The molecule has 31 heavy (non-hydrogen) atoms. The van der Waals surface area contributed by atoms with Gasteiger partial charge in [-0.25, -0.2) is 4.39 Å². The van der Waals surface area contributed by atoms with Gasteiger partial charge in [0.05, 0.1) is 7.11 Å². The number of halogens is 1. The third kappa shape index (κ3) is 4.38. The van der Waals surface area contributed by atoms with E-state index in [2.05, 4.69) is 6.92 Å². The number of aliphatic hydroxyl groups is 1. The second kappa shape index (κ2) is 8.83. The Kier molecular flexibility index (Phi) is 6.15. The number of carboxylic acids is 1. The van der Waals surface area contributed by atoms with Crippen LogP contribution in [0.4, 0.5) is 4.39 Å². The molecule has 2 fully saturated rings. The standard InChI is InChI=1S/C26H28FO4/c1-15-6-9-21(31-2)13-22(15)25(26(29)30)24(16-7-8-16)18-10-19(14-28)23(12-18)17-4-3-5-20(27)11-17/h3-6,9,11,13,16,19,23,25,28H,1,7-8,10,12,14H2,2H3,(H,29,30)/b24-18+. The van der Waals surface area contributed by atoms with Crippen LogP contribution in [-0.4, -0.2) is 29.9 Å². The number of aliphatic carboxylic acids is 1. The van der Waals surface area contributed by atoms with E-state index in [-0.39, 0.29) is 30.2 Å². The molecular weight excluding hydrogens is 395 g/mol. The Morgan fingerprint density at radius 3 is 2.61 bits per heavy atom. The number of methoxy groups -OCH3 is 1. The van der Waals surface area contributed by atoms with Gasteiger partial charge in [-0.15, -0.1) is 0 Å². The lowest BCUT2D eigenvalue weighted by Gasteiger charge is -2.22. The fourth-order valence-corrected chi connectivity index (χ4v) is 5.05. The van der Waals surface area contributed by atoms with Gasteiger partial charge in [0.2, 0.25) is 0 Å². The molecule has 0 aliphatic heterocycles. The van der Waals surface area contributed by atoms with Crippen LogP contribution in [0, 0.1) is 24.6 Å². The number of aliphatic hydroxyl groups excluding tert-OH is 1. The third-order valence-corrected chi connectivity index (χ3v) is 6.70. The molecule has 0 spiro atoms. The predicted octanol–water partition coefficient (Wildman–Crippen LogP) is 5.08. The molecule has 2 aliphatic carbocycles. The molecule has 1 radical (unpaired) electrons. The summed E-state index contributed by atoms with van der Waals surface area (Å²) in [6.45, 7) is 4.05. The molecule has 3 atom stereocenters. The van der Waals surface area contributed by atoms with Crippen LogP contribution in [0.25, 0.3) is 0 Å². The first kappa shape index (κ1) is 21.6. The smallest absolute Gasteiger partial charge is 0.315 e. The molecule has 2 aromatic rings. The van der Waals surface area contributed by atoms with Crippen molar-refractivity contribution in [3.8, 4) is 5.75 Å². The summed E-state index contributed by atoms with van der Waals surface area (Å²) in [6.07, 6.45) is 3.20. The average Bonchev–Trinajstić information content (AvgIpc) is 3.50. The van der Waals surface area contributed by atoms with Gasteiger partial charge >= 0.3 is 5.97 Å². The Balaban J connectivity index is 1.79. The molecule has 0 amide bonds. The Hall–Kier alpha value is -2.66. The van der Waals surface area contributed by atoms with Gasteiger partial charge in [0.1, 0.15) is 17.5 Å². The van der Waals surface area contributed by atoms with E-state index in [1.807, 2.05) is 6.07 Å². The lowest BCUT2D eigenvalue weighted by atomic mass is 9.82. The second-order valence-electron chi connectivity index (χ2n) is 8.68. The van der Waals surface area contributed by atoms with Crippen LogP contribution in [0.5, 0.6) is 5.75 Å². The molecule has 5 heteroatoms. The summed E-state index contributed by atoms with van der Waals surface area (Å²) in [6, 6.07) is 11.9. The number of hydrogen-bond donors (Lipinski definition) is 2. The van der Waals surface area contributed by atoms with E-state index in [9.17, 15) is 19.4 Å². The molecule has 4 nitrogen and oxygen atoms in total. The number of ether oxygens (including phenoxy) is 1. The maximum Gasteiger partial charge on any atom is 0.315 e. The number of carbonyl (C=O) groups is 1. The molecule has 2 saturated carbocycles. The topological polar surface area (TPSA) is 66.8 Å². The van der Waals surface area contributed by atoms with Crippen LogP contribution < -0.4 is 4.74 Å². The lowest BCUT2D eigenvalue weighted by molar-refractivity contribution is -0.137. The van der Waals surface area contributed by atoms with E-state index < -0.39 is 11.9 Å². The van der Waals surface area contributed by atoms with Crippen molar-refractivity contribution in [2.45, 2.75) is 37.5 Å². The maximum absolute atomic E-state index is 13.8. The van der Waals surface area contributed by atoms with E-state index in [0.29, 0.717) is 29.7 Å². The highest BCUT2D eigenvalue weighted by atomic mass is 19.1. The van der Waals surface area contributed by atoms with E-state index in [1.54, 1.807) is 31.4 Å². The summed E-state index contributed by atoms with van der Waals surface area (Å²) in [7, 11) is 1.56. The van der Waals surface area contributed by atoms with Gasteiger partial charge < -0.3 is 14.9 Å². The number of benzene rings is 2. The molecule has 2 aliphatic rings. The Labute approximate surface area is 182 Å². The predicted molar refractivity (Wildman–Crippen MR) is 117 cm³/mol. The normalized spacial score (nSPS) is 23.5. The number of rotatable bonds is 7. The molecule has 3 unspecified atom stereocenters. The van der Waals surface area contributed by atoms with Crippen molar-refractivity contribution in [1.29, 1.82) is 0 Å². The molecule has 4 rings (SSSR count). The van der Waals surface area contributed by atoms with Crippen LogP contribution in [-0.2, 0) is 4.79 Å². The summed E-state index contributed by atoms with van der Waals surface area (Å²) in [5, 5.41) is 20.3. The molecule has 2 aromatic carbocycles. The summed E-state index contributed by atoms with van der Waals surface area (Å²) in [5.41, 5.74) is 4.21. The SMILES string of the molecule is [CH2]c1ccc(OC)cc1C(C(=O)O)/C(=C1\CC(CO)C(c2cccc(F)c2)C1)C1CC1. The fourth-order valence-electron chi connectivity index (χ4n) is 5.05. The van der Waals surface area contributed by atoms with E-state index in [4.69, 9.17) is 4.74 Å². The number of hydrogen-bond acceptors (Lipinski definition) is 3. The van der Waals surface area contributed by atoms with Gasteiger partial charge in [-0.05, 0) is 96.9 Å². The summed E-state index contributed by atoms with van der Waals surface area (Å²) >= 11 is 0. The minimum absolute atomic E-state index is 0.0138. The van der Waals surface area contributed by atoms with Crippen LogP contribution in [0.3, 0.4) is 0 Å². The van der Waals surface area contributed by atoms with Crippen LogP contribution in [0.1, 0.15) is 54.2 Å². The molecule has 0 bridgehead atoms. The minimum Gasteiger partial charge on any atom is -0.497 e. The monoisotopic (exact) mass is 423 g/mol. The van der Waals surface area contributed by atoms with Crippen molar-refractivity contribution in [2.75, 3.05) is 13.7 Å². The van der Waals surface area contributed by atoms with Gasteiger partial charge in [-0.3, -0.25) is 4.79 Å². The van der Waals surface area contributed by atoms with E-state index >= 15 is 0 Å². The molecule has 0 heterocycles. The van der Waals surface area contributed by atoms with Gasteiger partial charge in [0.25, 0.3) is 0 Å². The third-order valence-electron chi connectivity index (χ3n) is 6.70. The first-order chi connectivity index (χ1) is 14.9. The Bertz CT molecular complexity index is 1010. The van der Waals surface area contributed by atoms with Crippen LogP contribution in [0.15, 0.2) is 53.6 Å². The van der Waals surface area contributed by atoms with Gasteiger partial charge in [0, 0.05) is 6.61 Å². The van der Waals surface area contributed by atoms with Gasteiger partial charge in [-0.2, -0.15) is 0 Å². The van der Waals surface area contributed by atoms with Crippen molar-refractivity contribution < 1.29 is 24.1 Å². The lowest BCUT2D eigenvalue weighted by Crippen LogP contribution is -2.18. The zero-order valence-corrected chi connectivity index (χ0v) is 17.7. The molecule has 2 N–H and O–H groups in total. The van der Waals surface area contributed by atoms with Crippen molar-refractivity contribution >= 4 is 5.97 Å². The molecule has 0 saturated heterocycles. The number of carboxylic acid groups (broad SMARTS) is 1. The fraction of sp³-hybridized carbons (Fsp3) is 0.385. The zero-order chi connectivity index (χ0) is 22.1. The Morgan fingerprint density at radius 2 is 2.00 bits per heavy atom. The summed E-state index contributed by atoms with van der Waals surface area (Å²) in [4.78, 5) is 12.5. The van der Waals surface area contributed by atoms with E-state index in [1.165, 1.54) is 12.1 Å². The second-order valence-corrected chi connectivity index (χ2v) is 8.68. The van der Waals surface area contributed by atoms with Crippen LogP contribution >= 0.6 is 0 Å². The maximum atomic E-state index is 13.8. The average molecular weight is 424 g/mol. The summed E-state index contributed by atoms with van der Waals surface area (Å²) < 4.78 is 19.2. The Morgan fingerprint density at radius 1 is 1.23 bits per heavy atom. The zero-order valence-electron chi connectivity index (χ0n) is 17.7. The first-order valence-electron chi connectivity index (χ1n) is 10.7. The van der Waals surface area contributed by atoms with E-state index in [0.717, 1.165) is 29.6 Å². The van der Waals surface area contributed by atoms with Crippen molar-refractivity contribution in [3.63, 3.8) is 0 Å². The highest BCUT2D eigenvalue weighted by Crippen LogP contribution is 2.52. The minimum atomic E-state index is -0.901. The quantitative estimate of drug-likeness (QED) is 0.610. The van der Waals surface area contributed by atoms with Crippen LogP contribution in [0.2, 0.25) is 0 Å². The molecule has 163 valence electrons. The first-order valence-corrected chi connectivity index (χ1v) is 10.7. The number of allylic oxidation sites excluding steroid dienone is 1. The largest absolute Gasteiger partial charge is 0.497 e. The van der Waals surface area contributed by atoms with Gasteiger partial charge in [0.15, 0.2) is 0 Å². The van der Waals surface area contributed by atoms with Crippen molar-refractivity contribution in [1.82, 2.24) is 0 Å². The summed E-state index contributed by atoms with van der Waals surface area (Å²) in [5.74, 6) is -1.24. The van der Waals surface area contributed by atoms with Gasteiger partial charge in [-0.1, -0.05) is 23.8 Å². The highest BCUT2D eigenvalue weighted by Gasteiger charge is 2.42. The van der Waals surface area contributed by atoms with Crippen molar-refractivity contribution in [3.05, 3.63) is 83.0 Å².